The van der Waals surface area contributed by atoms with Gasteiger partial charge in [-0.15, -0.1) is 0 Å². The van der Waals surface area contributed by atoms with Gasteiger partial charge in [-0.3, -0.25) is 4.99 Å². The van der Waals surface area contributed by atoms with Crippen molar-refractivity contribution in [1.82, 2.24) is 5.32 Å². The average molecular weight is 171 g/mol. The predicted molar refractivity (Wildman–Crippen MR) is 48.9 cm³/mol. The zero-order valence-corrected chi connectivity index (χ0v) is 7.28. The number of hydrogen-bond acceptors (Lipinski definition) is 4. The smallest absolute Gasteiger partial charge is 0.189 e. The molecule has 1 saturated heterocycles. The Hall–Kier alpha value is -0.380. The van der Waals surface area contributed by atoms with E-state index in [2.05, 4.69) is 10.3 Å². The quantitative estimate of drug-likeness (QED) is 0.546. The van der Waals surface area contributed by atoms with Crippen LogP contribution in [-0.4, -0.2) is 29.5 Å². The monoisotopic (exact) mass is 171 g/mol. The van der Waals surface area contributed by atoms with Gasteiger partial charge < -0.3 is 11.1 Å². The number of nitrogens with one attached hydrogen (secondary N) is 1. The maximum Gasteiger partial charge on any atom is 0.189 e. The number of nitrogens with two attached hydrogens (primary N) is 1. The van der Waals surface area contributed by atoms with Crippen LogP contribution in [0.4, 0.5) is 0 Å². The largest absolute Gasteiger partial charge is 0.370 e. The topological polar surface area (TPSA) is 50.4 Å². The Morgan fingerprint density at radius 3 is 3.09 bits per heavy atom. The van der Waals surface area contributed by atoms with Gasteiger partial charge in [0.05, 0.1) is 12.1 Å². The molecule has 0 saturated carbocycles. The highest BCUT2D eigenvalue weighted by Gasteiger charge is 2.35. The lowest BCUT2D eigenvalue weighted by molar-refractivity contribution is 0.416. The van der Waals surface area contributed by atoms with E-state index in [1.807, 2.05) is 11.8 Å². The fourth-order valence-corrected chi connectivity index (χ4v) is 2.85. The Labute approximate surface area is 70.8 Å². The molecule has 3 nitrogen and oxygen atoms in total. The second-order valence-electron chi connectivity index (χ2n) is 3.26. The van der Waals surface area contributed by atoms with E-state index in [1.165, 1.54) is 18.6 Å². The van der Waals surface area contributed by atoms with E-state index in [4.69, 9.17) is 5.73 Å². The van der Waals surface area contributed by atoms with E-state index in [9.17, 15) is 0 Å². The zero-order chi connectivity index (χ0) is 7.73. The summed E-state index contributed by atoms with van der Waals surface area (Å²) in [6.07, 6.45) is 2.52. The molecule has 1 unspecified atom stereocenters. The fourth-order valence-electron chi connectivity index (χ4n) is 1.66. The van der Waals surface area contributed by atoms with E-state index in [0.29, 0.717) is 5.96 Å². The first-order chi connectivity index (χ1) is 5.31. The van der Waals surface area contributed by atoms with Crippen LogP contribution in [-0.2, 0) is 0 Å². The predicted octanol–water partition coefficient (Wildman–Crippen LogP) is 0.170. The Morgan fingerprint density at radius 1 is 1.64 bits per heavy atom. The molecule has 0 aromatic heterocycles. The number of guanidine groups is 1. The van der Waals surface area contributed by atoms with Crippen LogP contribution < -0.4 is 11.1 Å². The highest BCUT2D eigenvalue weighted by atomic mass is 32.2. The summed E-state index contributed by atoms with van der Waals surface area (Å²) in [6, 6.07) is 0. The summed E-state index contributed by atoms with van der Waals surface area (Å²) in [5.41, 5.74) is 5.80. The third-order valence-electron chi connectivity index (χ3n) is 2.27. The Balaban J connectivity index is 2.01. The number of aliphatic imine (C=N–C) groups is 1. The molecule has 2 aliphatic heterocycles. The van der Waals surface area contributed by atoms with Crippen molar-refractivity contribution in [3.8, 4) is 0 Å². The fraction of sp³-hybridized carbons (Fsp3) is 0.857. The first-order valence-corrected chi connectivity index (χ1v) is 5.12. The van der Waals surface area contributed by atoms with Gasteiger partial charge in [-0.1, -0.05) is 0 Å². The van der Waals surface area contributed by atoms with Gasteiger partial charge in [0.25, 0.3) is 0 Å². The van der Waals surface area contributed by atoms with Crippen LogP contribution in [0.15, 0.2) is 4.99 Å². The van der Waals surface area contributed by atoms with Crippen molar-refractivity contribution in [3.05, 3.63) is 0 Å². The molecule has 0 amide bonds. The van der Waals surface area contributed by atoms with E-state index in [1.54, 1.807) is 0 Å². The SMILES string of the molecule is NC1=NCC2(CCCSC2)N1. The van der Waals surface area contributed by atoms with E-state index < -0.39 is 0 Å². The van der Waals surface area contributed by atoms with Crippen molar-refractivity contribution in [2.75, 3.05) is 18.1 Å². The molecule has 2 rings (SSSR count). The highest BCUT2D eigenvalue weighted by Crippen LogP contribution is 2.28. The first kappa shape index (κ1) is 7.28. The van der Waals surface area contributed by atoms with Gasteiger partial charge in [0, 0.05) is 5.75 Å². The molecule has 2 heterocycles. The van der Waals surface area contributed by atoms with Crippen LogP contribution in [0.3, 0.4) is 0 Å². The number of thioether (sulfide) groups is 1. The van der Waals surface area contributed by atoms with E-state index in [-0.39, 0.29) is 5.54 Å². The van der Waals surface area contributed by atoms with Crippen LogP contribution in [0.25, 0.3) is 0 Å². The van der Waals surface area contributed by atoms with Crippen molar-refractivity contribution >= 4 is 17.7 Å². The number of rotatable bonds is 0. The van der Waals surface area contributed by atoms with E-state index >= 15 is 0 Å². The van der Waals surface area contributed by atoms with E-state index in [0.717, 1.165) is 12.3 Å². The number of hydrogen-bond donors (Lipinski definition) is 2. The Morgan fingerprint density at radius 2 is 2.55 bits per heavy atom. The molecule has 11 heavy (non-hydrogen) atoms. The van der Waals surface area contributed by atoms with Crippen LogP contribution >= 0.6 is 11.8 Å². The summed E-state index contributed by atoms with van der Waals surface area (Å²) in [6.45, 7) is 0.881. The molecule has 2 aliphatic rings. The molecule has 1 atom stereocenters. The second kappa shape index (κ2) is 2.59. The van der Waals surface area contributed by atoms with Gasteiger partial charge in [-0.25, -0.2) is 0 Å². The van der Waals surface area contributed by atoms with Crippen molar-refractivity contribution < 1.29 is 0 Å². The standard InChI is InChI=1S/C7H13N3S/c8-6-9-4-7(10-6)2-1-3-11-5-7/h1-5H2,(H3,8,9,10). The zero-order valence-electron chi connectivity index (χ0n) is 6.47. The lowest BCUT2D eigenvalue weighted by Gasteiger charge is -2.32. The van der Waals surface area contributed by atoms with Gasteiger partial charge in [0.15, 0.2) is 5.96 Å². The van der Waals surface area contributed by atoms with Gasteiger partial charge in [0.2, 0.25) is 0 Å². The lowest BCUT2D eigenvalue weighted by Crippen LogP contribution is -2.51. The normalized spacial score (nSPS) is 36.9. The molecule has 0 aromatic carbocycles. The van der Waals surface area contributed by atoms with Gasteiger partial charge in [0.1, 0.15) is 0 Å². The third kappa shape index (κ3) is 1.31. The van der Waals surface area contributed by atoms with Crippen molar-refractivity contribution in [2.45, 2.75) is 18.4 Å². The van der Waals surface area contributed by atoms with Crippen LogP contribution in [0.5, 0.6) is 0 Å². The Bertz CT molecular complexity index is 184. The summed E-state index contributed by atoms with van der Waals surface area (Å²) in [7, 11) is 0. The average Bonchev–Trinajstić information content (AvgIpc) is 2.34. The van der Waals surface area contributed by atoms with Crippen molar-refractivity contribution in [2.24, 2.45) is 10.7 Å². The molecule has 0 bridgehead atoms. The van der Waals surface area contributed by atoms with Crippen molar-refractivity contribution in [1.29, 1.82) is 0 Å². The van der Waals surface area contributed by atoms with Crippen LogP contribution in [0, 0.1) is 0 Å². The molecule has 1 spiro atoms. The summed E-state index contributed by atoms with van der Waals surface area (Å²) in [4.78, 5) is 4.18. The molecule has 0 aromatic rings. The van der Waals surface area contributed by atoms with Gasteiger partial charge in [-0.2, -0.15) is 11.8 Å². The summed E-state index contributed by atoms with van der Waals surface area (Å²) < 4.78 is 0. The first-order valence-electron chi connectivity index (χ1n) is 3.97. The van der Waals surface area contributed by atoms with Gasteiger partial charge in [-0.05, 0) is 18.6 Å². The molecule has 0 radical (unpaired) electrons. The summed E-state index contributed by atoms with van der Waals surface area (Å²) in [5.74, 6) is 3.09. The molecule has 62 valence electrons. The summed E-state index contributed by atoms with van der Waals surface area (Å²) in [5, 5.41) is 3.28. The molecule has 1 fully saturated rings. The highest BCUT2D eigenvalue weighted by molar-refractivity contribution is 7.99. The maximum atomic E-state index is 5.57. The second-order valence-corrected chi connectivity index (χ2v) is 4.37. The Kier molecular flexibility index (Phi) is 1.71. The summed E-state index contributed by atoms with van der Waals surface area (Å²) >= 11 is 2.00. The lowest BCUT2D eigenvalue weighted by atomic mass is 9.97. The molecular formula is C7H13N3S. The minimum absolute atomic E-state index is 0.229. The maximum absolute atomic E-state index is 5.57. The van der Waals surface area contributed by atoms with Crippen molar-refractivity contribution in [3.63, 3.8) is 0 Å². The number of nitrogens with zero attached hydrogens (tertiary/aromatic N) is 1. The minimum Gasteiger partial charge on any atom is -0.370 e. The third-order valence-corrected chi connectivity index (χ3v) is 3.60. The van der Waals surface area contributed by atoms with Crippen LogP contribution in [0.1, 0.15) is 12.8 Å². The molecule has 4 heteroatoms. The molecular weight excluding hydrogens is 158 g/mol. The molecule has 3 N–H and O–H groups in total. The van der Waals surface area contributed by atoms with Gasteiger partial charge >= 0.3 is 0 Å². The molecule has 0 aliphatic carbocycles. The minimum atomic E-state index is 0.229. The van der Waals surface area contributed by atoms with Crippen LogP contribution in [0.2, 0.25) is 0 Å².